The SMILES string of the molecule is CS(=O)(=O)N1CC(O)CC(C(F)F)C1. The second-order valence-corrected chi connectivity index (χ2v) is 5.55. The maximum Gasteiger partial charge on any atom is 0.242 e. The van der Waals surface area contributed by atoms with Crippen molar-refractivity contribution in [1.29, 1.82) is 0 Å². The van der Waals surface area contributed by atoms with Gasteiger partial charge >= 0.3 is 0 Å². The Morgan fingerprint density at radius 2 is 2.00 bits per heavy atom. The zero-order valence-corrected chi connectivity index (χ0v) is 8.54. The molecule has 1 heterocycles. The third kappa shape index (κ3) is 2.86. The van der Waals surface area contributed by atoms with Crippen LogP contribution in [0.5, 0.6) is 0 Å². The van der Waals surface area contributed by atoms with Crippen LogP contribution in [0.15, 0.2) is 0 Å². The zero-order chi connectivity index (χ0) is 10.9. The van der Waals surface area contributed by atoms with Crippen molar-refractivity contribution >= 4 is 10.0 Å². The predicted octanol–water partition coefficient (Wildman–Crippen LogP) is -0.106. The van der Waals surface area contributed by atoms with Crippen LogP contribution in [0.4, 0.5) is 8.78 Å². The largest absolute Gasteiger partial charge is 0.392 e. The summed E-state index contributed by atoms with van der Waals surface area (Å²) in [5.74, 6) is -1.06. The Morgan fingerprint density at radius 1 is 1.43 bits per heavy atom. The summed E-state index contributed by atoms with van der Waals surface area (Å²) in [5, 5.41) is 9.22. The Hall–Kier alpha value is -0.270. The molecule has 4 nitrogen and oxygen atoms in total. The zero-order valence-electron chi connectivity index (χ0n) is 7.73. The van der Waals surface area contributed by atoms with Gasteiger partial charge in [-0.1, -0.05) is 0 Å². The van der Waals surface area contributed by atoms with Gasteiger partial charge in [0.1, 0.15) is 0 Å². The molecule has 0 bridgehead atoms. The summed E-state index contributed by atoms with van der Waals surface area (Å²) < 4.78 is 47.7. The molecule has 1 fully saturated rings. The number of alkyl halides is 2. The summed E-state index contributed by atoms with van der Waals surface area (Å²) in [7, 11) is -3.49. The van der Waals surface area contributed by atoms with E-state index in [1.165, 1.54) is 0 Å². The van der Waals surface area contributed by atoms with Crippen LogP contribution < -0.4 is 0 Å². The number of hydrogen-bond donors (Lipinski definition) is 1. The smallest absolute Gasteiger partial charge is 0.242 e. The van der Waals surface area contributed by atoms with Gasteiger partial charge in [0.15, 0.2) is 0 Å². The topological polar surface area (TPSA) is 57.6 Å². The second-order valence-electron chi connectivity index (χ2n) is 3.56. The standard InChI is InChI=1S/C7H13F2NO3S/c1-14(12,13)10-3-5(7(8)9)2-6(11)4-10/h5-7,11H,2-4H2,1H3. The summed E-state index contributed by atoms with van der Waals surface area (Å²) >= 11 is 0. The maximum atomic E-state index is 12.3. The van der Waals surface area contributed by atoms with E-state index in [0.29, 0.717) is 0 Å². The Labute approximate surface area is 81.6 Å². The quantitative estimate of drug-likeness (QED) is 0.719. The van der Waals surface area contributed by atoms with Gasteiger partial charge in [0, 0.05) is 19.0 Å². The number of nitrogens with zero attached hydrogens (tertiary/aromatic N) is 1. The van der Waals surface area contributed by atoms with E-state index in [1.807, 2.05) is 0 Å². The highest BCUT2D eigenvalue weighted by molar-refractivity contribution is 7.88. The molecule has 1 N–H and O–H groups in total. The number of piperidine rings is 1. The Bertz CT molecular complexity index is 293. The van der Waals surface area contributed by atoms with E-state index in [-0.39, 0.29) is 19.5 Å². The number of aliphatic hydroxyl groups is 1. The van der Waals surface area contributed by atoms with Gasteiger partial charge in [-0.05, 0) is 6.42 Å². The first-order valence-corrected chi connectivity index (χ1v) is 6.07. The van der Waals surface area contributed by atoms with Gasteiger partial charge in [-0.25, -0.2) is 17.2 Å². The molecule has 0 aromatic rings. The van der Waals surface area contributed by atoms with Crippen molar-refractivity contribution in [2.45, 2.75) is 19.0 Å². The molecule has 0 aromatic heterocycles. The fraction of sp³-hybridized carbons (Fsp3) is 1.00. The summed E-state index contributed by atoms with van der Waals surface area (Å²) in [6, 6.07) is 0. The lowest BCUT2D eigenvalue weighted by molar-refractivity contribution is -0.00236. The van der Waals surface area contributed by atoms with Crippen molar-refractivity contribution < 1.29 is 22.3 Å². The van der Waals surface area contributed by atoms with Gasteiger partial charge in [0.25, 0.3) is 0 Å². The molecule has 0 spiro atoms. The van der Waals surface area contributed by atoms with Crippen LogP contribution in [0.2, 0.25) is 0 Å². The molecular weight excluding hydrogens is 216 g/mol. The Morgan fingerprint density at radius 3 is 2.43 bits per heavy atom. The van der Waals surface area contributed by atoms with E-state index < -0.39 is 28.5 Å². The third-order valence-electron chi connectivity index (χ3n) is 2.25. The van der Waals surface area contributed by atoms with Crippen molar-refractivity contribution in [3.63, 3.8) is 0 Å². The average Bonchev–Trinajstić information content (AvgIpc) is 2.01. The summed E-state index contributed by atoms with van der Waals surface area (Å²) in [6.07, 6.45) is -2.66. The molecule has 1 rings (SSSR count). The molecule has 1 saturated heterocycles. The lowest BCUT2D eigenvalue weighted by Gasteiger charge is -2.33. The van der Waals surface area contributed by atoms with Crippen molar-refractivity contribution in [3.05, 3.63) is 0 Å². The third-order valence-corrected chi connectivity index (χ3v) is 3.49. The van der Waals surface area contributed by atoms with Crippen LogP contribution in [0.25, 0.3) is 0 Å². The summed E-state index contributed by atoms with van der Waals surface area (Å²) in [5.41, 5.74) is 0. The Balaban J connectivity index is 2.73. The minimum Gasteiger partial charge on any atom is -0.392 e. The fourth-order valence-corrected chi connectivity index (χ4v) is 2.43. The summed E-state index contributed by atoms with van der Waals surface area (Å²) in [6.45, 7) is -0.282. The number of sulfonamides is 1. The van der Waals surface area contributed by atoms with E-state index >= 15 is 0 Å². The van der Waals surface area contributed by atoms with Crippen LogP contribution in [0, 0.1) is 5.92 Å². The van der Waals surface area contributed by atoms with Crippen LogP contribution in [-0.2, 0) is 10.0 Å². The monoisotopic (exact) mass is 229 g/mol. The first-order chi connectivity index (χ1) is 6.30. The van der Waals surface area contributed by atoms with Crippen molar-refractivity contribution in [1.82, 2.24) is 4.31 Å². The lowest BCUT2D eigenvalue weighted by Crippen LogP contribution is -2.47. The first-order valence-electron chi connectivity index (χ1n) is 4.22. The normalized spacial score (nSPS) is 30.9. The van der Waals surface area contributed by atoms with Crippen molar-refractivity contribution in [2.75, 3.05) is 19.3 Å². The van der Waals surface area contributed by atoms with E-state index in [0.717, 1.165) is 10.6 Å². The molecule has 0 radical (unpaired) electrons. The van der Waals surface area contributed by atoms with Gasteiger partial charge in [-0.15, -0.1) is 0 Å². The van der Waals surface area contributed by atoms with Gasteiger partial charge in [0.2, 0.25) is 16.4 Å². The second kappa shape index (κ2) is 4.08. The van der Waals surface area contributed by atoms with Crippen molar-refractivity contribution in [2.24, 2.45) is 5.92 Å². The molecule has 14 heavy (non-hydrogen) atoms. The lowest BCUT2D eigenvalue weighted by atomic mass is 9.98. The molecule has 1 aliphatic rings. The highest BCUT2D eigenvalue weighted by Crippen LogP contribution is 2.24. The molecule has 0 aliphatic carbocycles. The molecule has 2 atom stereocenters. The molecule has 84 valence electrons. The van der Waals surface area contributed by atoms with Gasteiger partial charge < -0.3 is 5.11 Å². The van der Waals surface area contributed by atoms with E-state index in [4.69, 9.17) is 0 Å². The molecule has 0 amide bonds. The number of halogens is 2. The minimum atomic E-state index is -3.49. The number of aliphatic hydroxyl groups excluding tert-OH is 1. The minimum absolute atomic E-state index is 0.0380. The van der Waals surface area contributed by atoms with E-state index in [9.17, 15) is 22.3 Å². The van der Waals surface area contributed by atoms with E-state index in [1.54, 1.807) is 0 Å². The van der Waals surface area contributed by atoms with Crippen molar-refractivity contribution in [3.8, 4) is 0 Å². The molecular formula is C7H13F2NO3S. The highest BCUT2D eigenvalue weighted by atomic mass is 32.2. The number of β-amino-alcohol motifs (C(OH)–C–C–N with tert-alkyl or cyclic N) is 1. The molecule has 7 heteroatoms. The number of hydrogen-bond acceptors (Lipinski definition) is 3. The summed E-state index contributed by atoms with van der Waals surface area (Å²) in [4.78, 5) is 0. The van der Waals surface area contributed by atoms with Crippen LogP contribution >= 0.6 is 0 Å². The van der Waals surface area contributed by atoms with Gasteiger partial charge in [-0.3, -0.25) is 0 Å². The van der Waals surface area contributed by atoms with Gasteiger partial charge in [-0.2, -0.15) is 4.31 Å². The van der Waals surface area contributed by atoms with E-state index in [2.05, 4.69) is 0 Å². The molecule has 2 unspecified atom stereocenters. The fourth-order valence-electron chi connectivity index (χ4n) is 1.52. The number of rotatable bonds is 2. The Kier molecular flexibility index (Phi) is 3.44. The molecule has 0 saturated carbocycles. The van der Waals surface area contributed by atoms with Crippen LogP contribution in [0.1, 0.15) is 6.42 Å². The van der Waals surface area contributed by atoms with Crippen LogP contribution in [0.3, 0.4) is 0 Å². The van der Waals surface area contributed by atoms with Crippen LogP contribution in [-0.4, -0.2) is 49.7 Å². The highest BCUT2D eigenvalue weighted by Gasteiger charge is 2.35. The maximum absolute atomic E-state index is 12.3. The van der Waals surface area contributed by atoms with Gasteiger partial charge in [0.05, 0.1) is 12.4 Å². The first kappa shape index (κ1) is 11.8. The predicted molar refractivity (Wildman–Crippen MR) is 46.5 cm³/mol. The average molecular weight is 229 g/mol. The molecule has 1 aliphatic heterocycles. The molecule has 0 aromatic carbocycles.